The Morgan fingerprint density at radius 1 is 1.31 bits per heavy atom. The van der Waals surface area contributed by atoms with Gasteiger partial charge in [0.1, 0.15) is 0 Å². The molecule has 0 amide bonds. The summed E-state index contributed by atoms with van der Waals surface area (Å²) in [5, 5.41) is 8.07. The highest BCUT2D eigenvalue weighted by Crippen LogP contribution is 2.17. The van der Waals surface area contributed by atoms with Crippen molar-refractivity contribution in [3.05, 3.63) is 12.1 Å². The van der Waals surface area contributed by atoms with Crippen molar-refractivity contribution in [3.8, 4) is 0 Å². The summed E-state index contributed by atoms with van der Waals surface area (Å²) in [5.41, 5.74) is 2.46. The average Bonchev–Trinajstić information content (AvgIpc) is 2.28. The van der Waals surface area contributed by atoms with E-state index in [-0.39, 0.29) is 12.2 Å². The van der Waals surface area contributed by atoms with E-state index in [9.17, 15) is 0 Å². The van der Waals surface area contributed by atoms with Gasteiger partial charge in [-0.2, -0.15) is 0 Å². The topological polar surface area (TPSA) is 76.3 Å². The summed E-state index contributed by atoms with van der Waals surface area (Å²) in [5.74, 6) is 6.67. The fraction of sp³-hybridized carbons (Fsp3) is 0.600. The molecule has 0 radical (unpaired) electrons. The van der Waals surface area contributed by atoms with Crippen LogP contribution in [-0.4, -0.2) is 35.5 Å². The van der Waals surface area contributed by atoms with Crippen LogP contribution in [0.1, 0.15) is 13.8 Å². The van der Waals surface area contributed by atoms with Gasteiger partial charge >= 0.3 is 0 Å². The molecular formula is C10H17N5O. The molecule has 2 atom stereocenters. The molecule has 1 aliphatic rings. The lowest BCUT2D eigenvalue weighted by Gasteiger charge is -2.35. The van der Waals surface area contributed by atoms with Gasteiger partial charge in [0.25, 0.3) is 0 Å². The molecule has 1 aromatic rings. The van der Waals surface area contributed by atoms with Gasteiger partial charge in [-0.05, 0) is 26.0 Å². The number of nitrogens with two attached hydrogens (primary N) is 1. The van der Waals surface area contributed by atoms with Crippen LogP contribution in [0, 0.1) is 0 Å². The molecule has 1 saturated heterocycles. The zero-order valence-electron chi connectivity index (χ0n) is 9.55. The van der Waals surface area contributed by atoms with Gasteiger partial charge in [-0.15, -0.1) is 10.2 Å². The zero-order valence-corrected chi connectivity index (χ0v) is 9.55. The maximum atomic E-state index is 5.66. The zero-order chi connectivity index (χ0) is 11.5. The van der Waals surface area contributed by atoms with E-state index in [1.807, 2.05) is 12.1 Å². The Bertz CT molecular complexity index is 332. The Morgan fingerprint density at radius 3 is 2.50 bits per heavy atom. The largest absolute Gasteiger partial charge is 0.372 e. The highest BCUT2D eigenvalue weighted by Gasteiger charge is 2.23. The van der Waals surface area contributed by atoms with Gasteiger partial charge in [-0.25, -0.2) is 5.84 Å². The number of anilines is 2. The SMILES string of the molecule is CC1CN(c2ccc(NN)nn2)CC(C)O1. The van der Waals surface area contributed by atoms with Crippen LogP contribution in [0.2, 0.25) is 0 Å². The third-order valence-electron chi connectivity index (χ3n) is 2.54. The quantitative estimate of drug-likeness (QED) is 0.557. The number of hydrogen-bond donors (Lipinski definition) is 2. The van der Waals surface area contributed by atoms with Crippen molar-refractivity contribution in [1.29, 1.82) is 0 Å². The number of rotatable bonds is 2. The minimum absolute atomic E-state index is 0.220. The molecule has 0 aromatic carbocycles. The van der Waals surface area contributed by atoms with Crippen molar-refractivity contribution in [2.75, 3.05) is 23.4 Å². The van der Waals surface area contributed by atoms with Crippen molar-refractivity contribution >= 4 is 11.6 Å². The Labute approximate surface area is 94.8 Å². The molecule has 2 unspecified atom stereocenters. The maximum absolute atomic E-state index is 5.66. The van der Waals surface area contributed by atoms with E-state index in [1.165, 1.54) is 0 Å². The Balaban J connectivity index is 2.10. The number of nitrogen functional groups attached to an aromatic ring is 1. The minimum atomic E-state index is 0.220. The first-order valence-electron chi connectivity index (χ1n) is 5.40. The molecule has 1 fully saturated rings. The molecule has 2 heterocycles. The van der Waals surface area contributed by atoms with Gasteiger partial charge in [-0.1, -0.05) is 0 Å². The lowest BCUT2D eigenvalue weighted by molar-refractivity contribution is -0.00550. The molecule has 0 bridgehead atoms. The normalized spacial score (nSPS) is 25.6. The predicted molar refractivity (Wildman–Crippen MR) is 62.1 cm³/mol. The molecule has 0 saturated carbocycles. The van der Waals surface area contributed by atoms with Crippen LogP contribution in [0.15, 0.2) is 12.1 Å². The lowest BCUT2D eigenvalue weighted by Crippen LogP contribution is -2.45. The lowest BCUT2D eigenvalue weighted by atomic mass is 10.2. The number of nitrogens with zero attached hydrogens (tertiary/aromatic N) is 3. The van der Waals surface area contributed by atoms with Crippen LogP contribution in [0.25, 0.3) is 0 Å². The van der Waals surface area contributed by atoms with Gasteiger partial charge in [0.05, 0.1) is 12.2 Å². The molecule has 1 aromatic heterocycles. The molecule has 88 valence electrons. The van der Waals surface area contributed by atoms with E-state index in [2.05, 4.69) is 34.4 Å². The van der Waals surface area contributed by atoms with E-state index in [0.717, 1.165) is 18.9 Å². The van der Waals surface area contributed by atoms with Crippen LogP contribution in [0.4, 0.5) is 11.6 Å². The maximum Gasteiger partial charge on any atom is 0.162 e. The van der Waals surface area contributed by atoms with E-state index >= 15 is 0 Å². The van der Waals surface area contributed by atoms with Crippen molar-refractivity contribution in [2.45, 2.75) is 26.1 Å². The molecular weight excluding hydrogens is 206 g/mol. The van der Waals surface area contributed by atoms with Gasteiger partial charge in [-0.3, -0.25) is 0 Å². The van der Waals surface area contributed by atoms with Crippen LogP contribution >= 0.6 is 0 Å². The summed E-state index contributed by atoms with van der Waals surface area (Å²) in [7, 11) is 0. The van der Waals surface area contributed by atoms with Gasteiger partial charge in [0, 0.05) is 13.1 Å². The summed E-state index contributed by atoms with van der Waals surface area (Å²) >= 11 is 0. The number of hydrazine groups is 1. The number of nitrogens with one attached hydrogen (secondary N) is 1. The number of morpholine rings is 1. The monoisotopic (exact) mass is 223 g/mol. The minimum Gasteiger partial charge on any atom is -0.372 e. The molecule has 3 N–H and O–H groups in total. The average molecular weight is 223 g/mol. The second kappa shape index (κ2) is 4.63. The first-order chi connectivity index (χ1) is 7.69. The third kappa shape index (κ3) is 2.40. The van der Waals surface area contributed by atoms with Crippen molar-refractivity contribution in [1.82, 2.24) is 10.2 Å². The fourth-order valence-electron chi connectivity index (χ4n) is 1.94. The second-order valence-electron chi connectivity index (χ2n) is 4.08. The van der Waals surface area contributed by atoms with Gasteiger partial charge in [0.15, 0.2) is 11.6 Å². The Hall–Kier alpha value is -1.40. The van der Waals surface area contributed by atoms with Crippen molar-refractivity contribution in [2.24, 2.45) is 5.84 Å². The van der Waals surface area contributed by atoms with Crippen LogP contribution in [0.3, 0.4) is 0 Å². The van der Waals surface area contributed by atoms with E-state index < -0.39 is 0 Å². The van der Waals surface area contributed by atoms with E-state index in [1.54, 1.807) is 0 Å². The molecule has 6 heteroatoms. The number of hydrogen-bond acceptors (Lipinski definition) is 6. The van der Waals surface area contributed by atoms with Gasteiger partial charge < -0.3 is 15.1 Å². The van der Waals surface area contributed by atoms with Crippen LogP contribution < -0.4 is 16.2 Å². The van der Waals surface area contributed by atoms with Gasteiger partial charge in [0.2, 0.25) is 0 Å². The van der Waals surface area contributed by atoms with E-state index in [4.69, 9.17) is 10.6 Å². The molecule has 0 spiro atoms. The third-order valence-corrected chi connectivity index (χ3v) is 2.54. The molecule has 0 aliphatic carbocycles. The molecule has 6 nitrogen and oxygen atoms in total. The second-order valence-corrected chi connectivity index (χ2v) is 4.08. The predicted octanol–water partition coefficient (Wildman–Crippen LogP) is 0.376. The Kier molecular flexibility index (Phi) is 3.21. The summed E-state index contributed by atoms with van der Waals surface area (Å²) in [6.07, 6.45) is 0.440. The van der Waals surface area contributed by atoms with Crippen molar-refractivity contribution < 1.29 is 4.74 Å². The smallest absolute Gasteiger partial charge is 0.162 e. The molecule has 1 aliphatic heterocycles. The van der Waals surface area contributed by atoms with Crippen LogP contribution in [0.5, 0.6) is 0 Å². The molecule has 2 rings (SSSR count). The van der Waals surface area contributed by atoms with E-state index in [0.29, 0.717) is 5.82 Å². The van der Waals surface area contributed by atoms with Crippen molar-refractivity contribution in [3.63, 3.8) is 0 Å². The summed E-state index contributed by atoms with van der Waals surface area (Å²) in [6.45, 7) is 5.81. The summed E-state index contributed by atoms with van der Waals surface area (Å²) in [6, 6.07) is 3.72. The fourth-order valence-corrected chi connectivity index (χ4v) is 1.94. The Morgan fingerprint density at radius 2 is 2.00 bits per heavy atom. The highest BCUT2D eigenvalue weighted by molar-refractivity contribution is 5.43. The number of aromatic nitrogens is 2. The first kappa shape index (κ1) is 11.1. The number of ether oxygens (including phenoxy) is 1. The standard InChI is InChI=1S/C10H17N5O/c1-7-5-15(6-8(2)16-7)10-4-3-9(12-11)13-14-10/h3-4,7-8H,5-6,11H2,1-2H3,(H,12,13). The summed E-state index contributed by atoms with van der Waals surface area (Å²) in [4.78, 5) is 2.17. The first-order valence-corrected chi connectivity index (χ1v) is 5.40. The summed E-state index contributed by atoms with van der Waals surface area (Å²) < 4.78 is 5.66. The van der Waals surface area contributed by atoms with Crippen LogP contribution in [-0.2, 0) is 4.74 Å². The highest BCUT2D eigenvalue weighted by atomic mass is 16.5. The molecule has 16 heavy (non-hydrogen) atoms.